The summed E-state index contributed by atoms with van der Waals surface area (Å²) >= 11 is 0. The lowest BCUT2D eigenvalue weighted by atomic mass is 10.0. The molecule has 1 atom stereocenters. The number of nitrogens with zero attached hydrogens (tertiary/aromatic N) is 2. The van der Waals surface area contributed by atoms with Gasteiger partial charge in [-0.2, -0.15) is 5.10 Å². The molecule has 0 saturated heterocycles. The van der Waals surface area contributed by atoms with Gasteiger partial charge in [-0.05, 0) is 61.4 Å². The number of sulfonamides is 1. The second kappa shape index (κ2) is 9.49. The third kappa shape index (κ3) is 4.92. The number of aromatic amines is 1. The number of aryl methyl sites for hydroxylation is 1. The molecular formula is C27H26FN5O4S. The molecule has 38 heavy (non-hydrogen) atoms. The van der Waals surface area contributed by atoms with E-state index in [2.05, 4.69) is 14.8 Å². The Morgan fingerprint density at radius 3 is 2.71 bits per heavy atom. The predicted octanol–water partition coefficient (Wildman–Crippen LogP) is 4.64. The zero-order valence-electron chi connectivity index (χ0n) is 20.9. The van der Waals surface area contributed by atoms with E-state index in [1.807, 2.05) is 19.1 Å². The summed E-state index contributed by atoms with van der Waals surface area (Å²) in [6.45, 7) is 3.65. The van der Waals surface area contributed by atoms with Crippen LogP contribution in [0.5, 0.6) is 5.75 Å². The number of carbonyl (C=O) groups excluding carboxylic acids is 1. The van der Waals surface area contributed by atoms with Gasteiger partial charge in [-0.15, -0.1) is 0 Å². The maximum absolute atomic E-state index is 14.0. The molecule has 0 saturated carbocycles. The van der Waals surface area contributed by atoms with E-state index in [-0.39, 0.29) is 29.0 Å². The van der Waals surface area contributed by atoms with Crippen LogP contribution in [0, 0.1) is 12.7 Å². The van der Waals surface area contributed by atoms with Crippen LogP contribution in [0.2, 0.25) is 0 Å². The van der Waals surface area contributed by atoms with Gasteiger partial charge < -0.3 is 15.5 Å². The standard InChI is InChI=1S/C27H26FN5O4S/c1-15-10-17-12-23(31-22(17)13-21(15)32-38(3,35)36)26(34)19-14-30-33(27(19)29)24-9-8-18(11-16(24)2)37-25-7-5-4-6-20(25)28/h4-7,9-14,18,31-32H,8,29H2,1-3H3. The number of ketones is 1. The van der Waals surface area contributed by atoms with Crippen molar-refractivity contribution in [2.24, 2.45) is 0 Å². The predicted molar refractivity (Wildman–Crippen MR) is 145 cm³/mol. The molecule has 4 aromatic rings. The van der Waals surface area contributed by atoms with Crippen LogP contribution >= 0.6 is 0 Å². The summed E-state index contributed by atoms with van der Waals surface area (Å²) in [7, 11) is -3.45. The molecule has 2 heterocycles. The number of fused-ring (bicyclic) bond motifs is 1. The normalized spacial score (nSPS) is 15.7. The van der Waals surface area contributed by atoms with E-state index in [4.69, 9.17) is 10.5 Å². The lowest BCUT2D eigenvalue weighted by Gasteiger charge is -2.22. The van der Waals surface area contributed by atoms with E-state index >= 15 is 0 Å². The second-order valence-electron chi connectivity index (χ2n) is 9.26. The molecule has 11 heteroatoms. The Morgan fingerprint density at radius 2 is 2.00 bits per heavy atom. The number of halogens is 1. The first-order chi connectivity index (χ1) is 18.0. The van der Waals surface area contributed by atoms with E-state index in [0.717, 1.165) is 22.8 Å². The molecule has 0 fully saturated rings. The summed E-state index contributed by atoms with van der Waals surface area (Å²) in [6, 6.07) is 11.4. The number of anilines is 2. The van der Waals surface area contributed by atoms with Crippen LogP contribution in [-0.4, -0.2) is 41.3 Å². The Morgan fingerprint density at radius 1 is 1.24 bits per heavy atom. The third-order valence-electron chi connectivity index (χ3n) is 6.28. The number of nitrogens with one attached hydrogen (secondary N) is 2. The number of hydrogen-bond donors (Lipinski definition) is 3. The first kappa shape index (κ1) is 25.3. The SMILES string of the molecule is CC1=CC(Oc2ccccc2F)CC=C1n1ncc(C(=O)c2cc3cc(C)c(NS(C)(=O)=O)cc3[nH]2)c1N. The minimum atomic E-state index is -3.45. The maximum atomic E-state index is 14.0. The van der Waals surface area contributed by atoms with Crippen molar-refractivity contribution in [3.8, 4) is 5.75 Å². The summed E-state index contributed by atoms with van der Waals surface area (Å²) < 4.78 is 47.1. The van der Waals surface area contributed by atoms with Crippen molar-refractivity contribution in [3.63, 3.8) is 0 Å². The van der Waals surface area contributed by atoms with Crippen molar-refractivity contribution in [2.45, 2.75) is 26.4 Å². The zero-order valence-corrected chi connectivity index (χ0v) is 21.8. The first-order valence-corrected chi connectivity index (χ1v) is 13.7. The van der Waals surface area contributed by atoms with Crippen LogP contribution in [0.15, 0.2) is 66.4 Å². The molecule has 1 aliphatic rings. The number of ether oxygens (including phenoxy) is 1. The molecular weight excluding hydrogens is 509 g/mol. The van der Waals surface area contributed by atoms with Crippen molar-refractivity contribution in [3.05, 3.63) is 89.0 Å². The van der Waals surface area contributed by atoms with Gasteiger partial charge in [-0.3, -0.25) is 9.52 Å². The summed E-state index contributed by atoms with van der Waals surface area (Å²) in [5.74, 6) is -0.420. The Labute approximate surface area is 218 Å². The van der Waals surface area contributed by atoms with Crippen LogP contribution in [0.1, 0.15) is 35.0 Å². The van der Waals surface area contributed by atoms with Crippen molar-refractivity contribution >= 4 is 43.9 Å². The van der Waals surface area contributed by atoms with Gasteiger partial charge in [-0.25, -0.2) is 17.5 Å². The molecule has 0 bridgehead atoms. The largest absolute Gasteiger partial charge is 0.483 e. The monoisotopic (exact) mass is 535 g/mol. The Hall–Kier alpha value is -4.38. The van der Waals surface area contributed by atoms with E-state index in [9.17, 15) is 17.6 Å². The van der Waals surface area contributed by atoms with Gasteiger partial charge in [0.15, 0.2) is 11.6 Å². The molecule has 2 aromatic carbocycles. The lowest BCUT2D eigenvalue weighted by molar-refractivity contribution is 0.103. The second-order valence-corrected chi connectivity index (χ2v) is 11.0. The van der Waals surface area contributed by atoms with E-state index in [1.54, 1.807) is 43.3 Å². The highest BCUT2D eigenvalue weighted by atomic mass is 32.2. The molecule has 1 unspecified atom stereocenters. The highest BCUT2D eigenvalue weighted by molar-refractivity contribution is 7.92. The van der Waals surface area contributed by atoms with Gasteiger partial charge in [0.05, 0.1) is 35.1 Å². The summed E-state index contributed by atoms with van der Waals surface area (Å²) in [5, 5.41) is 5.11. The molecule has 0 aliphatic heterocycles. The molecule has 9 nitrogen and oxygen atoms in total. The van der Waals surface area contributed by atoms with Crippen molar-refractivity contribution in [2.75, 3.05) is 16.7 Å². The molecule has 2 aromatic heterocycles. The summed E-state index contributed by atoms with van der Waals surface area (Å²) in [4.78, 5) is 16.4. The fourth-order valence-electron chi connectivity index (χ4n) is 4.46. The molecule has 196 valence electrons. The molecule has 0 amide bonds. The number of nitrogens with two attached hydrogens (primary N) is 1. The van der Waals surface area contributed by atoms with Crippen LogP contribution < -0.4 is 15.2 Å². The number of hydrogen-bond acceptors (Lipinski definition) is 6. The van der Waals surface area contributed by atoms with Crippen molar-refractivity contribution < 1.29 is 22.3 Å². The molecule has 5 rings (SSSR count). The topological polar surface area (TPSA) is 132 Å². The molecule has 0 spiro atoms. The Kier molecular flexibility index (Phi) is 6.31. The van der Waals surface area contributed by atoms with Gasteiger partial charge in [-0.1, -0.05) is 18.2 Å². The quantitative estimate of drug-likeness (QED) is 0.296. The minimum Gasteiger partial charge on any atom is -0.483 e. The van der Waals surface area contributed by atoms with Crippen LogP contribution in [0.25, 0.3) is 16.6 Å². The highest BCUT2D eigenvalue weighted by Gasteiger charge is 2.23. The van der Waals surface area contributed by atoms with Gasteiger partial charge >= 0.3 is 0 Å². The van der Waals surface area contributed by atoms with E-state index in [1.165, 1.54) is 16.9 Å². The molecule has 0 radical (unpaired) electrons. The van der Waals surface area contributed by atoms with Crippen LogP contribution in [0.3, 0.4) is 0 Å². The third-order valence-corrected chi connectivity index (χ3v) is 6.87. The number of carbonyl (C=O) groups is 1. The van der Waals surface area contributed by atoms with Gasteiger partial charge in [0.25, 0.3) is 0 Å². The fraction of sp³-hybridized carbons (Fsp3) is 0.185. The highest BCUT2D eigenvalue weighted by Crippen LogP contribution is 2.31. The lowest BCUT2D eigenvalue weighted by Crippen LogP contribution is -2.19. The van der Waals surface area contributed by atoms with Crippen LogP contribution in [0.4, 0.5) is 15.9 Å². The fourth-order valence-corrected chi connectivity index (χ4v) is 5.08. The minimum absolute atomic E-state index is 0.178. The van der Waals surface area contributed by atoms with E-state index in [0.29, 0.717) is 29.0 Å². The first-order valence-electron chi connectivity index (χ1n) is 11.8. The molecule has 4 N–H and O–H groups in total. The number of H-pyrrole nitrogens is 1. The van der Waals surface area contributed by atoms with Gasteiger partial charge in [0.2, 0.25) is 15.8 Å². The number of allylic oxidation sites excluding steroid dienone is 2. The van der Waals surface area contributed by atoms with Gasteiger partial charge in [0, 0.05) is 17.3 Å². The zero-order chi connectivity index (χ0) is 27.2. The number of rotatable bonds is 7. The number of aromatic nitrogens is 3. The summed E-state index contributed by atoms with van der Waals surface area (Å²) in [5.41, 5.74) is 10.2. The number of benzene rings is 2. The van der Waals surface area contributed by atoms with E-state index < -0.39 is 15.8 Å². The van der Waals surface area contributed by atoms with Gasteiger partial charge in [0.1, 0.15) is 11.9 Å². The average Bonchev–Trinajstić information content (AvgIpc) is 3.43. The molecule has 1 aliphatic carbocycles. The maximum Gasteiger partial charge on any atom is 0.229 e. The Balaban J connectivity index is 1.38. The number of para-hydroxylation sites is 1. The smallest absolute Gasteiger partial charge is 0.229 e. The number of nitrogen functional groups attached to an aromatic ring is 1. The Bertz CT molecular complexity index is 1750. The van der Waals surface area contributed by atoms with Crippen LogP contribution in [-0.2, 0) is 10.0 Å². The van der Waals surface area contributed by atoms with Crippen molar-refractivity contribution in [1.82, 2.24) is 14.8 Å². The average molecular weight is 536 g/mol. The van der Waals surface area contributed by atoms with Crippen molar-refractivity contribution in [1.29, 1.82) is 0 Å². The summed E-state index contributed by atoms with van der Waals surface area (Å²) in [6.07, 6.45) is 6.36.